The highest BCUT2D eigenvalue weighted by molar-refractivity contribution is 5.45. The van der Waals surface area contributed by atoms with Crippen LogP contribution in [-0.2, 0) is 6.54 Å². The maximum Gasteiger partial charge on any atom is 0.115 e. The summed E-state index contributed by atoms with van der Waals surface area (Å²) in [5.41, 5.74) is 3.67. The lowest BCUT2D eigenvalue weighted by molar-refractivity contribution is 0.475. The van der Waals surface area contributed by atoms with Gasteiger partial charge in [-0.3, -0.25) is 0 Å². The SMILES string of the molecule is CCC(C)c1ccc(NCc2ccc(O)cc2)cc1. The molecule has 2 aromatic rings. The van der Waals surface area contributed by atoms with Crippen LogP contribution in [0.25, 0.3) is 0 Å². The molecule has 19 heavy (non-hydrogen) atoms. The molecule has 0 fully saturated rings. The lowest BCUT2D eigenvalue weighted by Crippen LogP contribution is -1.99. The van der Waals surface area contributed by atoms with Crippen LogP contribution in [0.2, 0.25) is 0 Å². The smallest absolute Gasteiger partial charge is 0.115 e. The van der Waals surface area contributed by atoms with E-state index in [1.165, 1.54) is 12.0 Å². The molecule has 100 valence electrons. The third-order valence-corrected chi connectivity index (χ3v) is 3.53. The normalized spacial score (nSPS) is 12.1. The van der Waals surface area contributed by atoms with Gasteiger partial charge in [0.25, 0.3) is 0 Å². The molecular formula is C17H21NO. The summed E-state index contributed by atoms with van der Waals surface area (Å²) >= 11 is 0. The molecule has 1 unspecified atom stereocenters. The Morgan fingerprint density at radius 2 is 1.63 bits per heavy atom. The van der Waals surface area contributed by atoms with Crippen molar-refractivity contribution < 1.29 is 5.11 Å². The van der Waals surface area contributed by atoms with Crippen LogP contribution < -0.4 is 5.32 Å². The molecule has 0 radical (unpaired) electrons. The predicted octanol–water partition coefficient (Wildman–Crippen LogP) is 4.52. The van der Waals surface area contributed by atoms with Gasteiger partial charge >= 0.3 is 0 Å². The third kappa shape index (κ3) is 3.75. The van der Waals surface area contributed by atoms with Gasteiger partial charge in [-0.2, -0.15) is 0 Å². The van der Waals surface area contributed by atoms with E-state index in [0.717, 1.165) is 17.8 Å². The van der Waals surface area contributed by atoms with Crippen LogP contribution in [0.5, 0.6) is 5.75 Å². The minimum Gasteiger partial charge on any atom is -0.508 e. The topological polar surface area (TPSA) is 32.3 Å². The van der Waals surface area contributed by atoms with Gasteiger partial charge in [-0.25, -0.2) is 0 Å². The number of nitrogens with one attached hydrogen (secondary N) is 1. The fourth-order valence-electron chi connectivity index (χ4n) is 1.98. The van der Waals surface area contributed by atoms with E-state index in [4.69, 9.17) is 0 Å². The second-order valence-electron chi connectivity index (χ2n) is 4.95. The van der Waals surface area contributed by atoms with Gasteiger partial charge < -0.3 is 10.4 Å². The van der Waals surface area contributed by atoms with Crippen molar-refractivity contribution in [2.45, 2.75) is 32.7 Å². The third-order valence-electron chi connectivity index (χ3n) is 3.53. The Hall–Kier alpha value is -1.96. The van der Waals surface area contributed by atoms with E-state index in [1.807, 2.05) is 12.1 Å². The fourth-order valence-corrected chi connectivity index (χ4v) is 1.98. The van der Waals surface area contributed by atoms with E-state index in [0.29, 0.717) is 11.7 Å². The highest BCUT2D eigenvalue weighted by Gasteiger charge is 2.02. The lowest BCUT2D eigenvalue weighted by Gasteiger charge is -2.11. The molecule has 0 aliphatic heterocycles. The Balaban J connectivity index is 1.94. The predicted molar refractivity (Wildman–Crippen MR) is 80.6 cm³/mol. The number of benzene rings is 2. The molecule has 0 aliphatic rings. The van der Waals surface area contributed by atoms with E-state index in [-0.39, 0.29) is 0 Å². The first-order chi connectivity index (χ1) is 9.19. The monoisotopic (exact) mass is 255 g/mol. The van der Waals surface area contributed by atoms with Crippen molar-refractivity contribution in [3.05, 3.63) is 59.7 Å². The quantitative estimate of drug-likeness (QED) is 0.823. The summed E-state index contributed by atoms with van der Waals surface area (Å²) in [4.78, 5) is 0. The maximum atomic E-state index is 9.23. The largest absolute Gasteiger partial charge is 0.508 e. The number of hydrogen-bond donors (Lipinski definition) is 2. The zero-order chi connectivity index (χ0) is 13.7. The number of rotatable bonds is 5. The molecule has 2 rings (SSSR count). The van der Waals surface area contributed by atoms with Crippen molar-refractivity contribution >= 4 is 5.69 Å². The second kappa shape index (κ2) is 6.28. The van der Waals surface area contributed by atoms with Crippen LogP contribution in [0.4, 0.5) is 5.69 Å². The first-order valence-corrected chi connectivity index (χ1v) is 6.80. The van der Waals surface area contributed by atoms with E-state index in [9.17, 15) is 5.11 Å². The highest BCUT2D eigenvalue weighted by atomic mass is 16.3. The number of hydrogen-bond acceptors (Lipinski definition) is 2. The van der Waals surface area contributed by atoms with Crippen LogP contribution in [0, 0.1) is 0 Å². The van der Waals surface area contributed by atoms with Crippen molar-refractivity contribution in [1.82, 2.24) is 0 Å². The molecule has 0 heterocycles. The van der Waals surface area contributed by atoms with Crippen LogP contribution in [0.3, 0.4) is 0 Å². The maximum absolute atomic E-state index is 9.23. The van der Waals surface area contributed by atoms with E-state index >= 15 is 0 Å². The van der Waals surface area contributed by atoms with E-state index < -0.39 is 0 Å². The summed E-state index contributed by atoms with van der Waals surface area (Å²) in [6, 6.07) is 15.9. The summed E-state index contributed by atoms with van der Waals surface area (Å²) in [6.07, 6.45) is 1.17. The van der Waals surface area contributed by atoms with Crippen molar-refractivity contribution in [3.8, 4) is 5.75 Å². The standard InChI is InChI=1S/C17H21NO/c1-3-13(2)15-6-8-16(9-7-15)18-12-14-4-10-17(19)11-5-14/h4-11,13,18-19H,3,12H2,1-2H3. The molecule has 0 spiro atoms. The van der Waals surface area contributed by atoms with Gasteiger partial charge in [0.15, 0.2) is 0 Å². The molecule has 0 saturated heterocycles. The summed E-state index contributed by atoms with van der Waals surface area (Å²) in [6.45, 7) is 5.23. The Morgan fingerprint density at radius 1 is 1.00 bits per heavy atom. The zero-order valence-electron chi connectivity index (χ0n) is 11.6. The van der Waals surface area contributed by atoms with Gasteiger partial charge in [0.05, 0.1) is 0 Å². The molecule has 0 saturated carbocycles. The number of phenolic OH excluding ortho intramolecular Hbond substituents is 1. The van der Waals surface area contributed by atoms with Gasteiger partial charge in [0.2, 0.25) is 0 Å². The Bertz CT molecular complexity index is 502. The minimum atomic E-state index is 0.307. The molecule has 2 nitrogen and oxygen atoms in total. The summed E-state index contributed by atoms with van der Waals surface area (Å²) in [7, 11) is 0. The van der Waals surface area contributed by atoms with Gasteiger partial charge in [0, 0.05) is 12.2 Å². The highest BCUT2D eigenvalue weighted by Crippen LogP contribution is 2.21. The molecule has 1 atom stereocenters. The lowest BCUT2D eigenvalue weighted by atomic mass is 9.99. The van der Waals surface area contributed by atoms with Crippen LogP contribution >= 0.6 is 0 Å². The van der Waals surface area contributed by atoms with Gasteiger partial charge in [-0.15, -0.1) is 0 Å². The molecule has 2 aromatic carbocycles. The molecule has 0 aromatic heterocycles. The summed E-state index contributed by atoms with van der Waals surface area (Å²) < 4.78 is 0. The van der Waals surface area contributed by atoms with Crippen molar-refractivity contribution in [1.29, 1.82) is 0 Å². The van der Waals surface area contributed by atoms with Crippen molar-refractivity contribution in [3.63, 3.8) is 0 Å². The fraction of sp³-hybridized carbons (Fsp3) is 0.294. The van der Waals surface area contributed by atoms with Gasteiger partial charge in [0.1, 0.15) is 5.75 Å². The summed E-state index contributed by atoms with van der Waals surface area (Å²) in [5, 5.41) is 12.6. The van der Waals surface area contributed by atoms with E-state index in [2.05, 4.69) is 43.4 Å². The molecule has 0 bridgehead atoms. The van der Waals surface area contributed by atoms with Crippen LogP contribution in [-0.4, -0.2) is 5.11 Å². The van der Waals surface area contributed by atoms with Gasteiger partial charge in [-0.05, 0) is 47.7 Å². The molecule has 2 N–H and O–H groups in total. The molecule has 0 amide bonds. The number of phenols is 1. The van der Waals surface area contributed by atoms with E-state index in [1.54, 1.807) is 12.1 Å². The Morgan fingerprint density at radius 3 is 2.21 bits per heavy atom. The first-order valence-electron chi connectivity index (χ1n) is 6.80. The Kier molecular flexibility index (Phi) is 4.45. The average molecular weight is 255 g/mol. The van der Waals surface area contributed by atoms with Crippen molar-refractivity contribution in [2.24, 2.45) is 0 Å². The van der Waals surface area contributed by atoms with Crippen LogP contribution in [0.1, 0.15) is 37.3 Å². The molecule has 2 heteroatoms. The summed E-state index contributed by atoms with van der Waals surface area (Å²) in [5.74, 6) is 0.924. The number of anilines is 1. The van der Waals surface area contributed by atoms with Gasteiger partial charge in [-0.1, -0.05) is 38.1 Å². The Labute approximate surface area is 115 Å². The first kappa shape index (κ1) is 13.5. The zero-order valence-corrected chi connectivity index (χ0v) is 11.6. The minimum absolute atomic E-state index is 0.307. The molecule has 0 aliphatic carbocycles. The number of aromatic hydroxyl groups is 1. The average Bonchev–Trinajstić information content (AvgIpc) is 2.46. The van der Waals surface area contributed by atoms with Crippen LogP contribution in [0.15, 0.2) is 48.5 Å². The second-order valence-corrected chi connectivity index (χ2v) is 4.95. The van der Waals surface area contributed by atoms with Crippen molar-refractivity contribution in [2.75, 3.05) is 5.32 Å². The molecular weight excluding hydrogens is 234 g/mol.